The van der Waals surface area contributed by atoms with E-state index in [1.807, 2.05) is 0 Å². The molecule has 0 rings (SSSR count). The third kappa shape index (κ3) is 31.7. The van der Waals surface area contributed by atoms with Gasteiger partial charge in [-0.1, -0.05) is 84.0 Å². The van der Waals surface area contributed by atoms with Crippen molar-refractivity contribution in [2.75, 3.05) is 14.1 Å². The zero-order chi connectivity index (χ0) is 17.1. The smallest absolute Gasteiger partial charge is 0.217 e. The summed E-state index contributed by atoms with van der Waals surface area (Å²) in [6, 6.07) is 0. The lowest BCUT2D eigenvalue weighted by Crippen LogP contribution is -3.00. The normalized spacial score (nSPS) is 10.4. The van der Waals surface area contributed by atoms with E-state index in [1.54, 1.807) is 0 Å². The largest absolute Gasteiger partial charge is 0.635 e. The molecule has 0 aromatic heterocycles. The Bertz CT molecular complexity index is 218. The molecule has 0 aliphatic heterocycles. The Labute approximate surface area is 138 Å². The topological polar surface area (TPSA) is 70.6 Å². The van der Waals surface area contributed by atoms with Gasteiger partial charge in [0.1, 0.15) is 0 Å². The second-order valence-electron chi connectivity index (χ2n) is 6.37. The molecule has 0 bridgehead atoms. The molecule has 0 heterocycles. The molecular formula is C18H40N2O2. The van der Waals surface area contributed by atoms with Crippen LogP contribution >= 0.6 is 0 Å². The first kappa shape index (κ1) is 23.7. The van der Waals surface area contributed by atoms with Gasteiger partial charge in [0.2, 0.25) is 5.91 Å². The van der Waals surface area contributed by atoms with E-state index in [-0.39, 0.29) is 11.0 Å². The number of carbonyl (C=O) groups is 1. The molecule has 134 valence electrons. The van der Waals surface area contributed by atoms with E-state index in [0.29, 0.717) is 6.42 Å². The molecule has 0 fully saturated rings. The van der Waals surface area contributed by atoms with Gasteiger partial charge in [0.25, 0.3) is 0 Å². The summed E-state index contributed by atoms with van der Waals surface area (Å²) < 4.78 is 0. The number of nitrogens with two attached hydrogens (primary N) is 1. The van der Waals surface area contributed by atoms with Gasteiger partial charge >= 0.3 is 0 Å². The Hall–Kier alpha value is -0.610. The minimum absolute atomic E-state index is 0.155. The minimum Gasteiger partial charge on any atom is -0.635 e. The van der Waals surface area contributed by atoms with Crippen LogP contribution in [-0.2, 0) is 4.79 Å². The highest BCUT2D eigenvalue weighted by atomic mass is 16.5. The fraction of sp³-hybridized carbons (Fsp3) is 0.944. The maximum absolute atomic E-state index is 10.5. The first-order valence-electron chi connectivity index (χ1n) is 9.26. The van der Waals surface area contributed by atoms with Crippen molar-refractivity contribution < 1.29 is 9.86 Å². The molecular weight excluding hydrogens is 276 g/mol. The van der Waals surface area contributed by atoms with E-state index in [0.717, 1.165) is 6.42 Å². The molecule has 4 nitrogen and oxygen atoms in total. The highest BCUT2D eigenvalue weighted by molar-refractivity contribution is 5.73. The Balaban J connectivity index is 0. The molecule has 0 aliphatic carbocycles. The number of unbranched alkanes of at least 4 members (excludes halogenated alkanes) is 12. The number of primary amides is 1. The van der Waals surface area contributed by atoms with Gasteiger partial charge < -0.3 is 16.0 Å². The number of hydrogen-bond donors (Lipinski definition) is 2. The van der Waals surface area contributed by atoms with Gasteiger partial charge in [0, 0.05) is 6.42 Å². The molecule has 4 heteroatoms. The maximum atomic E-state index is 10.5. The predicted molar refractivity (Wildman–Crippen MR) is 95.7 cm³/mol. The van der Waals surface area contributed by atoms with Crippen molar-refractivity contribution in [1.29, 1.82) is 0 Å². The van der Waals surface area contributed by atoms with Crippen molar-refractivity contribution >= 4 is 5.91 Å². The van der Waals surface area contributed by atoms with Crippen molar-refractivity contribution in [3.05, 3.63) is 5.21 Å². The van der Waals surface area contributed by atoms with Crippen LogP contribution in [0.15, 0.2) is 0 Å². The Morgan fingerprint density at radius 1 is 0.773 bits per heavy atom. The summed E-state index contributed by atoms with van der Waals surface area (Å²) in [4.78, 5) is 10.5. The Morgan fingerprint density at radius 2 is 1.05 bits per heavy atom. The van der Waals surface area contributed by atoms with E-state index in [9.17, 15) is 10.0 Å². The summed E-state index contributed by atoms with van der Waals surface area (Å²) in [5, 5.41) is 9.61. The molecule has 0 unspecified atom stereocenters. The molecule has 0 saturated carbocycles. The lowest BCUT2D eigenvalue weighted by Gasteiger charge is -2.04. The third-order valence-electron chi connectivity index (χ3n) is 3.53. The fourth-order valence-corrected chi connectivity index (χ4v) is 2.32. The first-order valence-corrected chi connectivity index (χ1v) is 9.26. The van der Waals surface area contributed by atoms with Gasteiger partial charge in [-0.3, -0.25) is 4.79 Å². The van der Waals surface area contributed by atoms with E-state index in [2.05, 4.69) is 6.92 Å². The van der Waals surface area contributed by atoms with Crippen molar-refractivity contribution in [1.82, 2.24) is 0 Å². The monoisotopic (exact) mass is 316 g/mol. The zero-order valence-corrected chi connectivity index (χ0v) is 15.3. The van der Waals surface area contributed by atoms with E-state index >= 15 is 0 Å². The maximum Gasteiger partial charge on any atom is 0.217 e. The van der Waals surface area contributed by atoms with Crippen molar-refractivity contribution in [3.63, 3.8) is 0 Å². The standard InChI is InChI=1S/C16H33NO.C2H7NO/c1-2-3-4-5-6-7-8-9-10-11-12-13-14-15-16(17)18;1-3(2)4/h2-15H2,1H3,(H2,17,18);3H,1-2H3. The molecule has 0 aromatic carbocycles. The summed E-state index contributed by atoms with van der Waals surface area (Å²) in [7, 11) is 3.06. The van der Waals surface area contributed by atoms with Crippen LogP contribution in [0.5, 0.6) is 0 Å². The number of hydroxylamine groups is 2. The third-order valence-corrected chi connectivity index (χ3v) is 3.53. The number of rotatable bonds is 14. The van der Waals surface area contributed by atoms with Gasteiger partial charge in [-0.15, -0.1) is 0 Å². The lowest BCUT2D eigenvalue weighted by atomic mass is 10.0. The van der Waals surface area contributed by atoms with Crippen LogP contribution in [0.25, 0.3) is 0 Å². The summed E-state index contributed by atoms with van der Waals surface area (Å²) in [5.41, 5.74) is 5.09. The number of hydrogen-bond acceptors (Lipinski definition) is 2. The highest BCUT2D eigenvalue weighted by Gasteiger charge is 1.95. The Kier molecular flexibility index (Phi) is 21.9. The summed E-state index contributed by atoms with van der Waals surface area (Å²) in [6.45, 7) is 2.27. The SMILES string of the molecule is CCCCCCCCCCCCCCCC(N)=O.C[NH+](C)[O-]. The lowest BCUT2D eigenvalue weighted by molar-refractivity contribution is -0.802. The van der Waals surface area contributed by atoms with Crippen LogP contribution in [0.4, 0.5) is 0 Å². The average molecular weight is 317 g/mol. The number of amides is 1. The molecule has 0 aliphatic rings. The number of quaternary nitrogens is 1. The average Bonchev–Trinajstić information content (AvgIpc) is 2.43. The van der Waals surface area contributed by atoms with Crippen molar-refractivity contribution in [3.8, 4) is 0 Å². The van der Waals surface area contributed by atoms with Crippen LogP contribution in [0, 0.1) is 5.21 Å². The second-order valence-corrected chi connectivity index (χ2v) is 6.37. The minimum atomic E-state index is -0.155. The molecule has 3 N–H and O–H groups in total. The van der Waals surface area contributed by atoms with Gasteiger partial charge in [0.05, 0.1) is 14.1 Å². The molecule has 0 atom stereocenters. The van der Waals surface area contributed by atoms with Crippen molar-refractivity contribution in [2.45, 2.75) is 96.8 Å². The van der Waals surface area contributed by atoms with Crippen LogP contribution in [0.1, 0.15) is 96.8 Å². The second kappa shape index (κ2) is 20.4. The molecule has 0 aromatic rings. The summed E-state index contributed by atoms with van der Waals surface area (Å²) in [6.07, 6.45) is 17.9. The quantitative estimate of drug-likeness (QED) is 0.380. The van der Waals surface area contributed by atoms with Crippen LogP contribution in [-0.4, -0.2) is 20.0 Å². The highest BCUT2D eigenvalue weighted by Crippen LogP contribution is 2.12. The predicted octanol–water partition coefficient (Wildman–Crippen LogP) is 3.58. The van der Waals surface area contributed by atoms with E-state index in [1.165, 1.54) is 91.1 Å². The van der Waals surface area contributed by atoms with Crippen LogP contribution < -0.4 is 10.8 Å². The van der Waals surface area contributed by atoms with Gasteiger partial charge in [-0.25, -0.2) is 0 Å². The molecule has 1 amide bonds. The first-order chi connectivity index (χ1) is 10.5. The van der Waals surface area contributed by atoms with Crippen LogP contribution in [0.3, 0.4) is 0 Å². The van der Waals surface area contributed by atoms with Gasteiger partial charge in [0.15, 0.2) is 0 Å². The van der Waals surface area contributed by atoms with Gasteiger partial charge in [-0.2, -0.15) is 0 Å². The number of carbonyl (C=O) groups excluding carboxylic acids is 1. The van der Waals surface area contributed by atoms with Gasteiger partial charge in [-0.05, 0) is 6.42 Å². The summed E-state index contributed by atoms with van der Waals surface area (Å²) >= 11 is 0. The molecule has 0 spiro atoms. The zero-order valence-electron chi connectivity index (χ0n) is 15.3. The fourth-order valence-electron chi connectivity index (χ4n) is 2.32. The van der Waals surface area contributed by atoms with E-state index < -0.39 is 0 Å². The Morgan fingerprint density at radius 3 is 1.32 bits per heavy atom. The van der Waals surface area contributed by atoms with E-state index in [4.69, 9.17) is 5.73 Å². The summed E-state index contributed by atoms with van der Waals surface area (Å²) in [5.74, 6) is -0.155. The molecule has 22 heavy (non-hydrogen) atoms. The molecule has 0 radical (unpaired) electrons. The molecule has 0 saturated heterocycles. The van der Waals surface area contributed by atoms with Crippen LogP contribution in [0.2, 0.25) is 0 Å². The number of nitrogens with one attached hydrogen (secondary N) is 1. The van der Waals surface area contributed by atoms with Crippen molar-refractivity contribution in [2.24, 2.45) is 5.73 Å².